The third-order valence-electron chi connectivity index (χ3n) is 6.25. The smallest absolute Gasteiger partial charge is 0.336 e. The van der Waals surface area contributed by atoms with E-state index in [1.54, 1.807) is 6.07 Å². The van der Waals surface area contributed by atoms with Crippen molar-refractivity contribution < 1.29 is 19.4 Å². The maximum atomic E-state index is 13.1. The molecule has 4 aromatic rings. The molecule has 0 radical (unpaired) electrons. The predicted molar refractivity (Wildman–Crippen MR) is 135 cm³/mol. The number of carboxylic acid groups (broad SMARTS) is 1. The number of imidazole rings is 1. The first-order valence-electron chi connectivity index (χ1n) is 11.7. The van der Waals surface area contributed by atoms with E-state index < -0.39 is 11.4 Å². The van der Waals surface area contributed by atoms with Crippen molar-refractivity contribution in [3.63, 3.8) is 0 Å². The zero-order valence-electron chi connectivity index (χ0n) is 20.5. The minimum atomic E-state index is -0.999. The highest BCUT2D eigenvalue weighted by atomic mass is 16.5. The highest BCUT2D eigenvalue weighted by molar-refractivity contribution is 5.96. The van der Waals surface area contributed by atoms with Gasteiger partial charge in [-0.1, -0.05) is 55.5 Å². The van der Waals surface area contributed by atoms with Crippen LogP contribution in [0, 0.1) is 12.3 Å². The summed E-state index contributed by atoms with van der Waals surface area (Å²) in [5.74, 6) is -1.34. The van der Waals surface area contributed by atoms with Crippen molar-refractivity contribution in [2.24, 2.45) is 5.41 Å². The van der Waals surface area contributed by atoms with Crippen LogP contribution in [0.5, 0.6) is 0 Å². The van der Waals surface area contributed by atoms with E-state index in [1.165, 1.54) is 0 Å². The molecule has 1 N–H and O–H groups in total. The van der Waals surface area contributed by atoms with Crippen LogP contribution in [0.15, 0.2) is 66.9 Å². The lowest BCUT2D eigenvalue weighted by Gasteiger charge is -2.23. The molecule has 0 saturated heterocycles. The number of aromatic nitrogens is 2. The summed E-state index contributed by atoms with van der Waals surface area (Å²) in [7, 11) is 0. The summed E-state index contributed by atoms with van der Waals surface area (Å²) >= 11 is 0. The van der Waals surface area contributed by atoms with Crippen molar-refractivity contribution in [3.8, 4) is 11.1 Å². The number of nitrogens with zero attached hydrogens (tertiary/aromatic N) is 2. The first kappa shape index (κ1) is 24.2. The van der Waals surface area contributed by atoms with E-state index >= 15 is 0 Å². The maximum Gasteiger partial charge on any atom is 0.336 e. The van der Waals surface area contributed by atoms with Crippen molar-refractivity contribution >= 4 is 17.6 Å². The van der Waals surface area contributed by atoms with Crippen LogP contribution < -0.4 is 0 Å². The van der Waals surface area contributed by atoms with Gasteiger partial charge >= 0.3 is 11.9 Å². The Morgan fingerprint density at radius 1 is 1.06 bits per heavy atom. The van der Waals surface area contributed by atoms with Crippen LogP contribution in [0.3, 0.4) is 0 Å². The average molecular weight is 471 g/mol. The first-order valence-corrected chi connectivity index (χ1v) is 11.7. The Kier molecular flexibility index (Phi) is 6.74. The molecule has 6 heteroatoms. The van der Waals surface area contributed by atoms with E-state index in [0.717, 1.165) is 40.1 Å². The van der Waals surface area contributed by atoms with E-state index in [9.17, 15) is 14.7 Å². The number of carbonyl (C=O) groups is 2. The molecule has 0 atom stereocenters. The molecule has 2 aromatic heterocycles. The molecule has 0 aliphatic heterocycles. The lowest BCUT2D eigenvalue weighted by molar-refractivity contribution is -0.155. The van der Waals surface area contributed by atoms with Crippen molar-refractivity contribution in [3.05, 3.63) is 94.9 Å². The second-order valence-corrected chi connectivity index (χ2v) is 9.47. The number of hydrogen-bond acceptors (Lipinski definition) is 4. The molecule has 180 valence electrons. The fraction of sp³-hybridized carbons (Fsp3) is 0.276. The molecule has 0 spiro atoms. The summed E-state index contributed by atoms with van der Waals surface area (Å²) in [5, 5.41) is 9.80. The molecular formula is C29H30N2O4. The number of aromatic carboxylic acids is 1. The summed E-state index contributed by atoms with van der Waals surface area (Å²) in [4.78, 5) is 29.7. The molecule has 35 heavy (non-hydrogen) atoms. The summed E-state index contributed by atoms with van der Waals surface area (Å²) < 4.78 is 7.70. The van der Waals surface area contributed by atoms with Gasteiger partial charge in [0.15, 0.2) is 0 Å². The van der Waals surface area contributed by atoms with Crippen LogP contribution >= 0.6 is 0 Å². The Hall–Kier alpha value is -3.93. The molecule has 4 rings (SSSR count). The van der Waals surface area contributed by atoms with Crippen LogP contribution in [0.1, 0.15) is 53.6 Å². The van der Waals surface area contributed by atoms with Crippen LogP contribution in [-0.4, -0.2) is 26.4 Å². The second-order valence-electron chi connectivity index (χ2n) is 9.47. The predicted octanol–water partition coefficient (Wildman–Crippen LogP) is 5.88. The lowest BCUT2D eigenvalue weighted by atomic mass is 9.84. The number of fused-ring (bicyclic) bond motifs is 1. The maximum absolute atomic E-state index is 13.1. The van der Waals surface area contributed by atoms with Gasteiger partial charge in [-0.15, -0.1) is 0 Å². The summed E-state index contributed by atoms with van der Waals surface area (Å²) in [6, 6.07) is 18.7. The van der Waals surface area contributed by atoms with Crippen LogP contribution in [0.4, 0.5) is 0 Å². The van der Waals surface area contributed by atoms with Gasteiger partial charge in [-0.3, -0.25) is 4.79 Å². The standard InChI is InChI=1S/C29H30N2O4/c1-5-22-17-31-23(13-11-19(2)26(31)30-22)18-35-28(34)29(3,4)16-20-12-14-24(25(15-20)27(32)33)21-9-7-6-8-10-21/h6-15,17H,5,16,18H2,1-4H3,(H,32,33). The molecule has 2 heterocycles. The van der Waals surface area contributed by atoms with Gasteiger partial charge in [0.1, 0.15) is 12.3 Å². The van der Waals surface area contributed by atoms with E-state index in [4.69, 9.17) is 4.74 Å². The number of rotatable bonds is 8. The fourth-order valence-corrected chi connectivity index (χ4v) is 4.26. The first-order chi connectivity index (χ1) is 16.7. The minimum absolute atomic E-state index is 0.131. The van der Waals surface area contributed by atoms with Gasteiger partial charge in [0.05, 0.1) is 22.4 Å². The molecule has 0 amide bonds. The fourth-order valence-electron chi connectivity index (χ4n) is 4.26. The van der Waals surface area contributed by atoms with Crippen LogP contribution in [0.2, 0.25) is 0 Å². The van der Waals surface area contributed by atoms with Gasteiger partial charge in [-0.2, -0.15) is 0 Å². The van der Waals surface area contributed by atoms with Gasteiger partial charge in [0.2, 0.25) is 0 Å². The Bertz CT molecular complexity index is 1390. The van der Waals surface area contributed by atoms with E-state index in [2.05, 4.69) is 11.9 Å². The number of ether oxygens (including phenoxy) is 1. The lowest BCUT2D eigenvalue weighted by Crippen LogP contribution is -2.29. The Balaban J connectivity index is 1.51. The van der Waals surface area contributed by atoms with E-state index in [0.29, 0.717) is 12.0 Å². The average Bonchev–Trinajstić information content (AvgIpc) is 3.29. The second kappa shape index (κ2) is 9.74. The number of esters is 1. The topological polar surface area (TPSA) is 80.9 Å². The number of benzene rings is 2. The van der Waals surface area contributed by atoms with Crippen molar-refractivity contribution in [1.82, 2.24) is 9.38 Å². The Morgan fingerprint density at radius 3 is 2.49 bits per heavy atom. The molecular weight excluding hydrogens is 440 g/mol. The summed E-state index contributed by atoms with van der Waals surface area (Å²) in [6.07, 6.45) is 3.17. The summed E-state index contributed by atoms with van der Waals surface area (Å²) in [6.45, 7) is 7.83. The van der Waals surface area contributed by atoms with Gasteiger partial charge in [-0.05, 0) is 68.0 Å². The molecule has 6 nitrogen and oxygen atoms in total. The third-order valence-corrected chi connectivity index (χ3v) is 6.25. The van der Waals surface area contributed by atoms with Crippen molar-refractivity contribution in [1.29, 1.82) is 0 Å². The van der Waals surface area contributed by atoms with E-state index in [1.807, 2.05) is 86.0 Å². The third kappa shape index (κ3) is 5.11. The van der Waals surface area contributed by atoms with Crippen molar-refractivity contribution in [2.45, 2.75) is 47.1 Å². The molecule has 0 aliphatic carbocycles. The van der Waals surface area contributed by atoms with Crippen molar-refractivity contribution in [2.75, 3.05) is 0 Å². The monoisotopic (exact) mass is 470 g/mol. The van der Waals surface area contributed by atoms with Gasteiger partial charge in [-0.25, -0.2) is 9.78 Å². The SMILES string of the molecule is CCc1cn2c(COC(=O)C(C)(C)Cc3ccc(-c4ccccc4)c(C(=O)O)c3)ccc(C)c2n1. The zero-order valence-corrected chi connectivity index (χ0v) is 20.5. The number of pyridine rings is 1. The van der Waals surface area contributed by atoms with E-state index in [-0.39, 0.29) is 18.1 Å². The molecule has 0 saturated carbocycles. The molecule has 2 aromatic carbocycles. The summed E-state index contributed by atoms with van der Waals surface area (Å²) in [5.41, 5.74) is 5.40. The highest BCUT2D eigenvalue weighted by Gasteiger charge is 2.30. The van der Waals surface area contributed by atoms with Crippen LogP contribution in [0.25, 0.3) is 16.8 Å². The van der Waals surface area contributed by atoms with Crippen LogP contribution in [-0.2, 0) is 29.0 Å². The quantitative estimate of drug-likeness (QED) is 0.325. The largest absolute Gasteiger partial charge is 0.478 e. The normalized spacial score (nSPS) is 11.5. The van der Waals surface area contributed by atoms with Gasteiger partial charge in [0, 0.05) is 6.20 Å². The Labute approximate surface area is 205 Å². The highest BCUT2D eigenvalue weighted by Crippen LogP contribution is 2.29. The molecule has 0 fully saturated rings. The molecule has 0 bridgehead atoms. The zero-order chi connectivity index (χ0) is 25.2. The number of carboxylic acids is 1. The minimum Gasteiger partial charge on any atom is -0.478 e. The van der Waals surface area contributed by atoms with Gasteiger partial charge in [0.25, 0.3) is 0 Å². The Morgan fingerprint density at radius 2 is 1.80 bits per heavy atom. The molecule has 0 unspecified atom stereocenters. The molecule has 0 aliphatic rings. The van der Waals surface area contributed by atoms with Gasteiger partial charge < -0.3 is 14.2 Å². The number of carbonyl (C=O) groups excluding carboxylic acids is 1. The number of hydrogen-bond donors (Lipinski definition) is 1. The number of aryl methyl sites for hydroxylation is 2.